The molecule has 1 aromatic rings. The molecule has 2 N–H and O–H groups in total. The molecule has 0 unspecified atom stereocenters. The third-order valence-corrected chi connectivity index (χ3v) is 2.27. The van der Waals surface area contributed by atoms with Gasteiger partial charge < -0.3 is 5.73 Å². The topological polar surface area (TPSA) is 51.8 Å². The third kappa shape index (κ3) is 4.47. The van der Waals surface area contributed by atoms with E-state index < -0.39 is 0 Å². The van der Waals surface area contributed by atoms with E-state index in [1.807, 2.05) is 20.8 Å². The van der Waals surface area contributed by atoms with Crippen LogP contribution in [0.25, 0.3) is 0 Å². The van der Waals surface area contributed by atoms with E-state index in [1.165, 1.54) is 0 Å². The molecule has 0 aliphatic heterocycles. The molecule has 15 heavy (non-hydrogen) atoms. The van der Waals surface area contributed by atoms with Crippen LogP contribution < -0.4 is 5.73 Å². The van der Waals surface area contributed by atoms with E-state index >= 15 is 0 Å². The summed E-state index contributed by atoms with van der Waals surface area (Å²) in [5.41, 5.74) is 7.37. The second-order valence-corrected chi connectivity index (χ2v) is 3.40. The standard InChI is InChI=1S/C9H14ClN3.C2H6/c1-3-4-5-7-6(2)12-9(11)13-8(7)10;1-2/h3-5H2,1-2H3,(H2,11,12,13);1-2H3. The molecule has 0 aliphatic carbocycles. The lowest BCUT2D eigenvalue weighted by molar-refractivity contribution is 0.782. The number of aromatic nitrogens is 2. The Kier molecular flexibility index (Phi) is 7.05. The fourth-order valence-corrected chi connectivity index (χ4v) is 1.54. The molecule has 0 aliphatic rings. The van der Waals surface area contributed by atoms with E-state index in [4.69, 9.17) is 17.3 Å². The molecule has 1 aromatic heterocycles. The molecule has 0 fully saturated rings. The summed E-state index contributed by atoms with van der Waals surface area (Å²) in [6.07, 6.45) is 3.18. The largest absolute Gasteiger partial charge is 0.368 e. The zero-order valence-corrected chi connectivity index (χ0v) is 10.7. The summed E-state index contributed by atoms with van der Waals surface area (Å²) in [4.78, 5) is 7.99. The van der Waals surface area contributed by atoms with Crippen LogP contribution in [0.1, 0.15) is 44.9 Å². The van der Waals surface area contributed by atoms with Gasteiger partial charge in [-0.1, -0.05) is 38.8 Å². The first-order chi connectivity index (χ1) is 7.15. The highest BCUT2D eigenvalue weighted by molar-refractivity contribution is 6.30. The Balaban J connectivity index is 0.000000921. The van der Waals surface area contributed by atoms with Gasteiger partial charge in [-0.3, -0.25) is 0 Å². The number of unbranched alkanes of at least 4 members (excludes halogenated alkanes) is 1. The second kappa shape index (κ2) is 7.46. The van der Waals surface area contributed by atoms with E-state index in [-0.39, 0.29) is 5.95 Å². The van der Waals surface area contributed by atoms with Gasteiger partial charge in [0, 0.05) is 11.3 Å². The summed E-state index contributed by atoms with van der Waals surface area (Å²) < 4.78 is 0. The van der Waals surface area contributed by atoms with E-state index in [2.05, 4.69) is 16.9 Å². The number of aryl methyl sites for hydroxylation is 1. The Hall–Kier alpha value is -0.830. The van der Waals surface area contributed by atoms with Crippen LogP contribution in [-0.2, 0) is 6.42 Å². The van der Waals surface area contributed by atoms with Gasteiger partial charge >= 0.3 is 0 Å². The Morgan fingerprint density at radius 1 is 1.27 bits per heavy atom. The van der Waals surface area contributed by atoms with Crippen LogP contribution in [0.3, 0.4) is 0 Å². The smallest absolute Gasteiger partial charge is 0.221 e. The molecule has 4 heteroatoms. The minimum absolute atomic E-state index is 0.253. The molecule has 0 saturated heterocycles. The second-order valence-electron chi connectivity index (χ2n) is 3.04. The fraction of sp³-hybridized carbons (Fsp3) is 0.636. The number of nitrogens with zero attached hydrogens (tertiary/aromatic N) is 2. The molecule has 1 heterocycles. The van der Waals surface area contributed by atoms with Gasteiger partial charge in [0.15, 0.2) is 0 Å². The van der Waals surface area contributed by atoms with Crippen molar-refractivity contribution in [2.24, 2.45) is 0 Å². The highest BCUT2D eigenvalue weighted by Gasteiger charge is 2.07. The molecule has 0 atom stereocenters. The maximum atomic E-state index is 5.94. The molecule has 0 bridgehead atoms. The Labute approximate surface area is 97.1 Å². The predicted molar refractivity (Wildman–Crippen MR) is 66.2 cm³/mol. The van der Waals surface area contributed by atoms with Crippen molar-refractivity contribution in [3.05, 3.63) is 16.4 Å². The minimum atomic E-state index is 0.253. The van der Waals surface area contributed by atoms with Crippen molar-refractivity contribution in [1.82, 2.24) is 9.97 Å². The summed E-state index contributed by atoms with van der Waals surface area (Å²) in [7, 11) is 0. The first-order valence-electron chi connectivity index (χ1n) is 5.43. The number of hydrogen-bond donors (Lipinski definition) is 1. The monoisotopic (exact) mass is 229 g/mol. The van der Waals surface area contributed by atoms with E-state index in [9.17, 15) is 0 Å². The quantitative estimate of drug-likeness (QED) is 0.809. The summed E-state index contributed by atoms with van der Waals surface area (Å²) in [5, 5.41) is 0.499. The molecular formula is C11H20ClN3. The van der Waals surface area contributed by atoms with Gasteiger partial charge in [-0.2, -0.15) is 0 Å². The van der Waals surface area contributed by atoms with Crippen molar-refractivity contribution in [2.75, 3.05) is 5.73 Å². The van der Waals surface area contributed by atoms with Gasteiger partial charge in [-0.15, -0.1) is 0 Å². The van der Waals surface area contributed by atoms with Crippen molar-refractivity contribution >= 4 is 17.5 Å². The maximum absolute atomic E-state index is 5.94. The number of rotatable bonds is 3. The van der Waals surface area contributed by atoms with Crippen LogP contribution in [0.5, 0.6) is 0 Å². The van der Waals surface area contributed by atoms with Crippen molar-refractivity contribution < 1.29 is 0 Å². The van der Waals surface area contributed by atoms with Gasteiger partial charge in [0.2, 0.25) is 5.95 Å². The molecule has 0 spiro atoms. The summed E-state index contributed by atoms with van der Waals surface area (Å²) in [5.74, 6) is 0.253. The number of hydrogen-bond acceptors (Lipinski definition) is 3. The van der Waals surface area contributed by atoms with Crippen molar-refractivity contribution in [3.63, 3.8) is 0 Å². The first-order valence-corrected chi connectivity index (χ1v) is 5.81. The first kappa shape index (κ1) is 14.2. The minimum Gasteiger partial charge on any atom is -0.368 e. The van der Waals surface area contributed by atoms with Gasteiger partial charge in [0.25, 0.3) is 0 Å². The SMILES string of the molecule is CC.CCCCc1c(C)nc(N)nc1Cl. The van der Waals surface area contributed by atoms with Gasteiger partial charge in [-0.05, 0) is 19.8 Å². The third-order valence-electron chi connectivity index (χ3n) is 1.96. The van der Waals surface area contributed by atoms with Gasteiger partial charge in [0.1, 0.15) is 5.15 Å². The van der Waals surface area contributed by atoms with Crippen molar-refractivity contribution in [3.8, 4) is 0 Å². The highest BCUT2D eigenvalue weighted by atomic mass is 35.5. The molecule has 0 radical (unpaired) electrons. The average Bonchev–Trinajstić information content (AvgIpc) is 2.19. The zero-order chi connectivity index (χ0) is 11.8. The maximum Gasteiger partial charge on any atom is 0.221 e. The number of nitrogens with two attached hydrogens (primary N) is 1. The number of halogens is 1. The molecule has 86 valence electrons. The molecule has 0 saturated carbocycles. The van der Waals surface area contributed by atoms with Crippen LogP contribution >= 0.6 is 11.6 Å². The average molecular weight is 230 g/mol. The Morgan fingerprint density at radius 2 is 1.87 bits per heavy atom. The van der Waals surface area contributed by atoms with Crippen LogP contribution in [-0.4, -0.2) is 9.97 Å². The normalized spacial score (nSPS) is 9.40. The van der Waals surface area contributed by atoms with Crippen LogP contribution in [0.15, 0.2) is 0 Å². The van der Waals surface area contributed by atoms with Crippen molar-refractivity contribution in [1.29, 1.82) is 0 Å². The number of nitrogen functional groups attached to an aromatic ring is 1. The molecule has 1 rings (SSSR count). The highest BCUT2D eigenvalue weighted by Crippen LogP contribution is 2.19. The fourth-order valence-electron chi connectivity index (χ4n) is 1.22. The van der Waals surface area contributed by atoms with Crippen LogP contribution in [0.2, 0.25) is 5.15 Å². The zero-order valence-electron chi connectivity index (χ0n) is 9.97. The summed E-state index contributed by atoms with van der Waals surface area (Å²) in [6, 6.07) is 0. The summed E-state index contributed by atoms with van der Waals surface area (Å²) in [6.45, 7) is 8.05. The Bertz CT molecular complexity index is 277. The molecular weight excluding hydrogens is 210 g/mol. The lowest BCUT2D eigenvalue weighted by Crippen LogP contribution is -2.02. The van der Waals surface area contributed by atoms with Crippen molar-refractivity contribution in [2.45, 2.75) is 47.0 Å². The lowest BCUT2D eigenvalue weighted by Gasteiger charge is -2.06. The van der Waals surface area contributed by atoms with Crippen LogP contribution in [0.4, 0.5) is 5.95 Å². The molecule has 0 amide bonds. The Morgan fingerprint density at radius 3 is 2.33 bits per heavy atom. The predicted octanol–water partition coefficient (Wildman–Crippen LogP) is 3.39. The van der Waals surface area contributed by atoms with Gasteiger partial charge in [0.05, 0.1) is 0 Å². The summed E-state index contributed by atoms with van der Waals surface area (Å²) >= 11 is 5.94. The number of anilines is 1. The van der Waals surface area contributed by atoms with E-state index in [1.54, 1.807) is 0 Å². The molecule has 3 nitrogen and oxygen atoms in total. The van der Waals surface area contributed by atoms with Crippen LogP contribution in [0, 0.1) is 6.92 Å². The molecule has 0 aromatic carbocycles. The van der Waals surface area contributed by atoms with E-state index in [0.717, 1.165) is 30.5 Å². The lowest BCUT2D eigenvalue weighted by atomic mass is 10.1. The van der Waals surface area contributed by atoms with E-state index in [0.29, 0.717) is 5.15 Å². The van der Waals surface area contributed by atoms with Gasteiger partial charge in [-0.25, -0.2) is 9.97 Å².